The van der Waals surface area contributed by atoms with Crippen molar-refractivity contribution in [3.63, 3.8) is 0 Å². The Bertz CT molecular complexity index is 4170. The van der Waals surface area contributed by atoms with E-state index in [1.54, 1.807) is 0 Å². The zero-order chi connectivity index (χ0) is 55.2. The Labute approximate surface area is 324 Å². The van der Waals surface area contributed by atoms with Crippen molar-refractivity contribution < 1.29 is 38.7 Å². The summed E-state index contributed by atoms with van der Waals surface area (Å²) in [5.41, 5.74) is -6.23. The maximum Gasteiger partial charge on any atom is 0.164 e. The first-order valence-corrected chi connectivity index (χ1v) is 15.0. The Balaban J connectivity index is 1.32. The predicted molar refractivity (Wildman–Crippen MR) is 204 cm³/mol. The summed E-state index contributed by atoms with van der Waals surface area (Å²) in [5.74, 6) is -2.29. The third-order valence-electron chi connectivity index (χ3n) is 8.44. The number of furan rings is 1. The third kappa shape index (κ3) is 4.35. The van der Waals surface area contributed by atoms with Crippen LogP contribution in [-0.2, 0) is 5.41 Å². The Morgan fingerprint density at radius 3 is 1.88 bits per heavy atom. The fourth-order valence-corrected chi connectivity index (χ4v) is 6.09. The minimum absolute atomic E-state index is 0.0206. The number of nitrogens with zero attached hydrogens (tertiary/aromatic N) is 3. The SMILES string of the molecule is [2H]c1c([2H])c([2H])c(-c2nc(-c3c([2H])c([2H])c(-c4c([2H])c([2H])c([2H])c5oc6c([2H])c([2H])c7c([2H])c([2H])c([2H])c([2H])c7c6c45)c([2H])c3[2H])nc(-c3c([2H])c([2H])c4c(c3[2H])C(C)(C)c3c([2H])c([2H])c([2H])c([2H])c3-4)n2)c([2H])c1[2H]. The summed E-state index contributed by atoms with van der Waals surface area (Å²) < 4.78 is 228. The van der Waals surface area contributed by atoms with Crippen LogP contribution in [0.4, 0.5) is 0 Å². The molecular formula is C46H31N3O. The van der Waals surface area contributed by atoms with Crippen LogP contribution in [0.5, 0.6) is 0 Å². The average molecular weight is 667 g/mol. The van der Waals surface area contributed by atoms with Crippen molar-refractivity contribution in [2.24, 2.45) is 0 Å². The van der Waals surface area contributed by atoms with Crippen LogP contribution >= 0.6 is 0 Å². The summed E-state index contributed by atoms with van der Waals surface area (Å²) >= 11 is 0. The largest absolute Gasteiger partial charge is 0.456 e. The van der Waals surface area contributed by atoms with Gasteiger partial charge in [-0.15, -0.1) is 0 Å². The molecule has 2 heterocycles. The monoisotopic (exact) mass is 666 g/mol. The minimum atomic E-state index is -1.46. The molecule has 7 aromatic carbocycles. The molecule has 0 radical (unpaired) electrons. The van der Waals surface area contributed by atoms with Gasteiger partial charge in [-0.3, -0.25) is 0 Å². The van der Waals surface area contributed by atoms with E-state index < -0.39 is 229 Å². The van der Waals surface area contributed by atoms with E-state index in [2.05, 4.69) is 15.0 Å². The van der Waals surface area contributed by atoms with E-state index >= 15 is 0 Å². The summed E-state index contributed by atoms with van der Waals surface area (Å²) in [6.07, 6.45) is 0. The van der Waals surface area contributed by atoms with Gasteiger partial charge in [0.05, 0.1) is 34.3 Å². The molecule has 4 heteroatoms. The van der Waals surface area contributed by atoms with Crippen LogP contribution in [0, 0.1) is 0 Å². The average Bonchev–Trinajstić information content (AvgIpc) is 3.95. The number of rotatable bonds is 4. The lowest BCUT2D eigenvalue weighted by Crippen LogP contribution is -2.15. The summed E-state index contributed by atoms with van der Waals surface area (Å²) in [7, 11) is 0. The molecule has 0 N–H and O–H groups in total. The lowest BCUT2D eigenvalue weighted by molar-refractivity contribution is 0.660. The highest BCUT2D eigenvalue weighted by atomic mass is 16.3. The van der Waals surface area contributed by atoms with Gasteiger partial charge >= 0.3 is 0 Å². The molecule has 50 heavy (non-hydrogen) atoms. The second kappa shape index (κ2) is 10.8. The van der Waals surface area contributed by atoms with Crippen LogP contribution in [0.2, 0.25) is 0 Å². The molecule has 0 aliphatic heterocycles. The molecule has 1 aliphatic rings. The van der Waals surface area contributed by atoms with Crippen LogP contribution in [0.15, 0.2) is 155 Å². The fourth-order valence-electron chi connectivity index (χ4n) is 6.09. The Kier molecular flexibility index (Phi) is 2.84. The maximum atomic E-state index is 9.64. The van der Waals surface area contributed by atoms with Crippen molar-refractivity contribution in [2.45, 2.75) is 19.3 Å². The van der Waals surface area contributed by atoms with Crippen molar-refractivity contribution in [1.29, 1.82) is 0 Å². The van der Waals surface area contributed by atoms with E-state index in [1.807, 2.05) is 0 Å². The maximum absolute atomic E-state index is 9.64. The quantitative estimate of drug-likeness (QED) is 0.188. The van der Waals surface area contributed by atoms with Gasteiger partial charge in [0.15, 0.2) is 17.5 Å². The van der Waals surface area contributed by atoms with Gasteiger partial charge in [-0.25, -0.2) is 15.0 Å². The Hall–Kier alpha value is -6.39. The van der Waals surface area contributed by atoms with Crippen LogP contribution < -0.4 is 0 Å². The topological polar surface area (TPSA) is 51.8 Å². The van der Waals surface area contributed by atoms with Gasteiger partial charge in [0.2, 0.25) is 0 Å². The van der Waals surface area contributed by atoms with Crippen LogP contribution in [-0.4, -0.2) is 15.0 Å². The van der Waals surface area contributed by atoms with E-state index in [4.69, 9.17) is 27.7 Å². The zero-order valence-electron chi connectivity index (χ0n) is 50.7. The van der Waals surface area contributed by atoms with Crippen molar-refractivity contribution in [3.8, 4) is 56.4 Å². The molecule has 1 aliphatic carbocycles. The molecule has 0 saturated carbocycles. The predicted octanol–water partition coefficient (Wildman–Crippen LogP) is 11.9. The van der Waals surface area contributed by atoms with Gasteiger partial charge in [0.1, 0.15) is 11.2 Å². The van der Waals surface area contributed by atoms with Gasteiger partial charge < -0.3 is 4.42 Å². The Morgan fingerprint density at radius 2 is 1.06 bits per heavy atom. The first-order valence-electron chi connectivity index (χ1n) is 27.5. The fraction of sp³-hybridized carbons (Fsp3) is 0.0652. The molecule has 0 atom stereocenters. The highest BCUT2D eigenvalue weighted by Gasteiger charge is 2.35. The molecule has 4 nitrogen and oxygen atoms in total. The second-order valence-corrected chi connectivity index (χ2v) is 11.7. The molecule has 236 valence electrons. The van der Waals surface area contributed by atoms with Gasteiger partial charge in [-0.1, -0.05) is 147 Å². The van der Waals surface area contributed by atoms with Crippen molar-refractivity contribution in [3.05, 3.63) is 162 Å². The number of hydrogen-bond acceptors (Lipinski definition) is 4. The van der Waals surface area contributed by atoms with Crippen molar-refractivity contribution in [2.75, 3.05) is 0 Å². The first kappa shape index (κ1) is 13.1. The first-order chi connectivity index (χ1) is 34.9. The second-order valence-electron chi connectivity index (χ2n) is 11.7. The molecule has 0 fully saturated rings. The van der Waals surface area contributed by atoms with Gasteiger partial charge in [-0.2, -0.15) is 0 Å². The smallest absolute Gasteiger partial charge is 0.164 e. The van der Waals surface area contributed by atoms with Gasteiger partial charge in [-0.05, 0) is 62.3 Å². The Morgan fingerprint density at radius 1 is 0.460 bits per heavy atom. The molecule has 0 bridgehead atoms. The van der Waals surface area contributed by atoms with Gasteiger partial charge in [0, 0.05) is 32.9 Å². The van der Waals surface area contributed by atoms with Crippen molar-refractivity contribution >= 4 is 32.7 Å². The lowest BCUT2D eigenvalue weighted by atomic mass is 9.82. The van der Waals surface area contributed by atoms with E-state index in [0.717, 1.165) is 0 Å². The standard InChI is InChI=1S/C46H31N3O/c1-46(2)37-17-9-8-15-35(37)36-25-23-32(27-38(36)46)45-48-43(30-12-4-3-5-13-30)47-44(49-45)31-21-19-29(20-22-31)34-16-10-18-39-41(34)42-33-14-7-6-11-28(33)24-26-40(42)50-39/h3-27H,1-2H3/i3D,4D,5D,6D,7D,8D,9D,10D,11D,12D,13D,14D,15D,16D,17D,18D,19D,20D,21D,22D,23D,24D,25D,26D,27D. The van der Waals surface area contributed by atoms with E-state index in [9.17, 15) is 11.0 Å². The summed E-state index contributed by atoms with van der Waals surface area (Å²) in [4.78, 5) is 13.1. The van der Waals surface area contributed by atoms with Crippen LogP contribution in [0.25, 0.3) is 89.1 Å². The molecule has 0 amide bonds. The molecular weight excluding hydrogens is 611 g/mol. The number of aromatic nitrogens is 3. The van der Waals surface area contributed by atoms with E-state index in [0.29, 0.717) is 0 Å². The van der Waals surface area contributed by atoms with Crippen molar-refractivity contribution in [1.82, 2.24) is 15.0 Å². The molecule has 2 aromatic heterocycles. The molecule has 10 rings (SSSR count). The summed E-state index contributed by atoms with van der Waals surface area (Å²) in [5, 5.41) is -1.65. The summed E-state index contributed by atoms with van der Waals surface area (Å²) in [6, 6.07) is -19.4. The van der Waals surface area contributed by atoms with Crippen LogP contribution in [0.1, 0.15) is 59.2 Å². The lowest BCUT2D eigenvalue weighted by Gasteiger charge is -2.21. The molecule has 9 aromatic rings. The van der Waals surface area contributed by atoms with E-state index in [1.165, 1.54) is 13.8 Å². The number of fused-ring (bicyclic) bond motifs is 8. The third-order valence-corrected chi connectivity index (χ3v) is 8.44. The van der Waals surface area contributed by atoms with E-state index in [-0.39, 0.29) is 27.6 Å². The minimum Gasteiger partial charge on any atom is -0.456 e. The molecule has 0 unspecified atom stereocenters. The zero-order valence-corrected chi connectivity index (χ0v) is 25.7. The molecule has 0 saturated heterocycles. The summed E-state index contributed by atoms with van der Waals surface area (Å²) in [6.45, 7) is 3.07. The number of hydrogen-bond donors (Lipinski definition) is 0. The highest BCUT2D eigenvalue weighted by Crippen LogP contribution is 2.49. The van der Waals surface area contributed by atoms with Gasteiger partial charge in [0.25, 0.3) is 0 Å². The highest BCUT2D eigenvalue weighted by molar-refractivity contribution is 6.22. The molecule has 0 spiro atoms. The normalized spacial score (nSPS) is 20.2. The van der Waals surface area contributed by atoms with Crippen LogP contribution in [0.3, 0.4) is 0 Å². The number of benzene rings is 7.